The van der Waals surface area contributed by atoms with Crippen LogP contribution in [0.4, 0.5) is 0 Å². The number of likely N-dealkylation sites (tertiary alicyclic amines) is 1. The quantitative estimate of drug-likeness (QED) is 0.830. The van der Waals surface area contributed by atoms with E-state index in [0.717, 1.165) is 45.1 Å². The lowest BCUT2D eigenvalue weighted by molar-refractivity contribution is -0.122. The molecular formula is C20H29N3O3. The molecule has 2 atom stereocenters. The zero-order valence-corrected chi connectivity index (χ0v) is 15.3. The molecule has 3 heterocycles. The average Bonchev–Trinajstić information content (AvgIpc) is 3.42. The number of hydrogen-bond acceptors (Lipinski definition) is 4. The summed E-state index contributed by atoms with van der Waals surface area (Å²) < 4.78 is 7.09. The van der Waals surface area contributed by atoms with Gasteiger partial charge < -0.3 is 14.6 Å². The van der Waals surface area contributed by atoms with Crippen molar-refractivity contribution in [2.75, 3.05) is 26.3 Å². The minimum atomic E-state index is -0.0530. The molecule has 1 amide bonds. The van der Waals surface area contributed by atoms with E-state index in [2.05, 4.69) is 10.2 Å². The van der Waals surface area contributed by atoms with E-state index in [9.17, 15) is 9.59 Å². The summed E-state index contributed by atoms with van der Waals surface area (Å²) in [5.41, 5.74) is -0.0530. The van der Waals surface area contributed by atoms with Crippen LogP contribution in [0.5, 0.6) is 0 Å². The minimum Gasteiger partial charge on any atom is -0.381 e. The van der Waals surface area contributed by atoms with Gasteiger partial charge >= 0.3 is 0 Å². The molecule has 1 saturated carbocycles. The maximum absolute atomic E-state index is 12.5. The van der Waals surface area contributed by atoms with Gasteiger partial charge in [0.2, 0.25) is 5.91 Å². The molecule has 142 valence electrons. The first kappa shape index (κ1) is 17.7. The van der Waals surface area contributed by atoms with E-state index < -0.39 is 0 Å². The van der Waals surface area contributed by atoms with E-state index in [1.54, 1.807) is 16.8 Å². The highest BCUT2D eigenvalue weighted by molar-refractivity contribution is 5.76. The second-order valence-corrected chi connectivity index (χ2v) is 7.96. The third kappa shape index (κ3) is 4.18. The van der Waals surface area contributed by atoms with Crippen LogP contribution < -0.4 is 10.9 Å². The molecule has 1 aliphatic carbocycles. The van der Waals surface area contributed by atoms with Gasteiger partial charge in [0.1, 0.15) is 0 Å². The monoisotopic (exact) mass is 359 g/mol. The summed E-state index contributed by atoms with van der Waals surface area (Å²) in [4.78, 5) is 26.8. The number of rotatable bonds is 6. The first-order valence-electron chi connectivity index (χ1n) is 9.97. The van der Waals surface area contributed by atoms with Gasteiger partial charge in [-0.1, -0.05) is 6.07 Å². The number of aryl methyl sites for hydroxylation is 1. The standard InChI is InChI=1S/C20H29N3O3/c24-19(6-10-22-9-2-1-3-20(22)25)21-18-14-23(13-17(18)15-4-5-15)16-7-11-26-12-8-16/h1-3,9,15-18H,4-8,10-14H2,(H,21,24)/t17-,18+/m0/s1. The van der Waals surface area contributed by atoms with Crippen LogP contribution in [-0.4, -0.2) is 53.8 Å². The Balaban J connectivity index is 1.32. The molecule has 1 aromatic rings. The number of amides is 1. The summed E-state index contributed by atoms with van der Waals surface area (Å²) in [6.07, 6.45) is 6.92. The van der Waals surface area contributed by atoms with Gasteiger partial charge in [0.25, 0.3) is 5.56 Å². The predicted octanol–water partition coefficient (Wildman–Crippen LogP) is 1.24. The van der Waals surface area contributed by atoms with Crippen molar-refractivity contribution in [2.45, 2.75) is 50.7 Å². The van der Waals surface area contributed by atoms with Gasteiger partial charge in [-0.3, -0.25) is 14.5 Å². The van der Waals surface area contributed by atoms with Gasteiger partial charge in [-0.05, 0) is 43.6 Å². The minimum absolute atomic E-state index is 0.0530. The van der Waals surface area contributed by atoms with Crippen molar-refractivity contribution >= 4 is 5.91 Å². The van der Waals surface area contributed by atoms with Crippen LogP contribution in [0.15, 0.2) is 29.2 Å². The maximum atomic E-state index is 12.5. The molecule has 3 aliphatic rings. The number of aromatic nitrogens is 1. The molecule has 1 aromatic heterocycles. The first-order chi connectivity index (χ1) is 12.7. The summed E-state index contributed by atoms with van der Waals surface area (Å²) in [6, 6.07) is 5.94. The van der Waals surface area contributed by atoms with Crippen molar-refractivity contribution in [2.24, 2.45) is 11.8 Å². The smallest absolute Gasteiger partial charge is 0.250 e. The Morgan fingerprint density at radius 2 is 1.96 bits per heavy atom. The van der Waals surface area contributed by atoms with Crippen molar-refractivity contribution in [3.05, 3.63) is 34.7 Å². The summed E-state index contributed by atoms with van der Waals surface area (Å²) >= 11 is 0. The number of nitrogens with one attached hydrogen (secondary N) is 1. The van der Waals surface area contributed by atoms with Crippen LogP contribution in [0.2, 0.25) is 0 Å². The zero-order chi connectivity index (χ0) is 17.9. The van der Waals surface area contributed by atoms with Crippen molar-refractivity contribution in [1.82, 2.24) is 14.8 Å². The van der Waals surface area contributed by atoms with Crippen LogP contribution in [0, 0.1) is 11.8 Å². The molecule has 6 nitrogen and oxygen atoms in total. The summed E-state index contributed by atoms with van der Waals surface area (Å²) in [5.74, 6) is 1.42. The lowest BCUT2D eigenvalue weighted by Gasteiger charge is -2.31. The lowest BCUT2D eigenvalue weighted by atomic mass is 9.98. The van der Waals surface area contributed by atoms with Crippen molar-refractivity contribution in [3.8, 4) is 0 Å². The third-order valence-corrected chi connectivity index (χ3v) is 6.15. The van der Waals surface area contributed by atoms with E-state index in [4.69, 9.17) is 4.74 Å². The Bertz CT molecular complexity index is 679. The highest BCUT2D eigenvalue weighted by Gasteiger charge is 2.44. The molecular weight excluding hydrogens is 330 g/mol. The average molecular weight is 359 g/mol. The van der Waals surface area contributed by atoms with Crippen LogP contribution in [0.25, 0.3) is 0 Å². The van der Waals surface area contributed by atoms with Crippen LogP contribution in [-0.2, 0) is 16.1 Å². The van der Waals surface area contributed by atoms with E-state index in [1.807, 2.05) is 6.07 Å². The molecule has 0 aromatic carbocycles. The van der Waals surface area contributed by atoms with Gasteiger partial charge in [0, 0.05) is 63.6 Å². The van der Waals surface area contributed by atoms with Gasteiger partial charge in [0.15, 0.2) is 0 Å². The molecule has 2 saturated heterocycles. The number of ether oxygens (including phenoxy) is 1. The predicted molar refractivity (Wildman–Crippen MR) is 98.9 cm³/mol. The molecule has 0 bridgehead atoms. The second-order valence-electron chi connectivity index (χ2n) is 7.96. The molecule has 0 unspecified atom stereocenters. The van der Waals surface area contributed by atoms with Gasteiger partial charge in [-0.2, -0.15) is 0 Å². The largest absolute Gasteiger partial charge is 0.381 e. The van der Waals surface area contributed by atoms with Gasteiger partial charge in [-0.15, -0.1) is 0 Å². The molecule has 0 radical (unpaired) electrons. The molecule has 0 spiro atoms. The third-order valence-electron chi connectivity index (χ3n) is 6.15. The van der Waals surface area contributed by atoms with E-state index >= 15 is 0 Å². The number of pyridine rings is 1. The van der Waals surface area contributed by atoms with Crippen molar-refractivity contribution in [1.29, 1.82) is 0 Å². The Morgan fingerprint density at radius 1 is 1.15 bits per heavy atom. The number of carbonyl (C=O) groups excluding carboxylic acids is 1. The Labute approximate surface area is 154 Å². The summed E-state index contributed by atoms with van der Waals surface area (Å²) in [5, 5.41) is 3.28. The maximum Gasteiger partial charge on any atom is 0.250 e. The SMILES string of the molecule is O=C(CCn1ccccc1=O)N[C@@H]1CN(C2CCOCC2)C[C@H]1C1CC1. The van der Waals surface area contributed by atoms with Gasteiger partial charge in [-0.25, -0.2) is 0 Å². The van der Waals surface area contributed by atoms with Crippen LogP contribution in [0.1, 0.15) is 32.1 Å². The normalized spacial score (nSPS) is 27.5. The van der Waals surface area contributed by atoms with Crippen molar-refractivity contribution in [3.63, 3.8) is 0 Å². The van der Waals surface area contributed by atoms with Gasteiger partial charge in [0.05, 0.1) is 0 Å². The summed E-state index contributed by atoms with van der Waals surface area (Å²) in [7, 11) is 0. The fraction of sp³-hybridized carbons (Fsp3) is 0.700. The van der Waals surface area contributed by atoms with E-state index in [1.165, 1.54) is 18.9 Å². The van der Waals surface area contributed by atoms with Crippen molar-refractivity contribution < 1.29 is 9.53 Å². The van der Waals surface area contributed by atoms with Crippen LogP contribution >= 0.6 is 0 Å². The first-order valence-corrected chi connectivity index (χ1v) is 9.97. The Morgan fingerprint density at radius 3 is 2.69 bits per heavy atom. The molecule has 2 aliphatic heterocycles. The fourth-order valence-electron chi connectivity index (χ4n) is 4.51. The lowest BCUT2D eigenvalue weighted by Crippen LogP contribution is -2.43. The zero-order valence-electron chi connectivity index (χ0n) is 15.3. The highest BCUT2D eigenvalue weighted by atomic mass is 16.5. The number of nitrogens with zero attached hydrogens (tertiary/aromatic N) is 2. The van der Waals surface area contributed by atoms with E-state index in [-0.39, 0.29) is 17.5 Å². The number of carbonyl (C=O) groups is 1. The molecule has 26 heavy (non-hydrogen) atoms. The highest BCUT2D eigenvalue weighted by Crippen LogP contribution is 2.42. The van der Waals surface area contributed by atoms with Crippen LogP contribution in [0.3, 0.4) is 0 Å². The Hall–Kier alpha value is -1.66. The molecule has 3 fully saturated rings. The second kappa shape index (κ2) is 7.92. The fourth-order valence-corrected chi connectivity index (χ4v) is 4.51. The summed E-state index contributed by atoms with van der Waals surface area (Å²) in [6.45, 7) is 4.23. The molecule has 1 N–H and O–H groups in total. The topological polar surface area (TPSA) is 63.6 Å². The number of hydrogen-bond donors (Lipinski definition) is 1. The molecule has 4 rings (SSSR count). The molecule has 6 heteroatoms. The van der Waals surface area contributed by atoms with E-state index in [0.29, 0.717) is 24.9 Å². The Kier molecular flexibility index (Phi) is 5.41.